The second-order valence-electron chi connectivity index (χ2n) is 10.6. The molecule has 0 saturated heterocycles. The van der Waals surface area contributed by atoms with Gasteiger partial charge in [0.25, 0.3) is 0 Å². The molecule has 40 heavy (non-hydrogen) atoms. The van der Waals surface area contributed by atoms with Crippen LogP contribution in [0.4, 0.5) is 14.4 Å². The van der Waals surface area contributed by atoms with E-state index in [1.54, 1.807) is 34.6 Å². The first-order valence-corrected chi connectivity index (χ1v) is 13.3. The molecule has 0 spiro atoms. The molecule has 0 amide bonds. The van der Waals surface area contributed by atoms with Crippen molar-refractivity contribution in [1.29, 1.82) is 0 Å². The van der Waals surface area contributed by atoms with Gasteiger partial charge in [-0.15, -0.1) is 0 Å². The average molecular weight is 570 g/mol. The summed E-state index contributed by atoms with van der Waals surface area (Å²) >= 11 is 0. The number of ether oxygens (including phenoxy) is 6. The van der Waals surface area contributed by atoms with Crippen LogP contribution < -0.4 is 15.2 Å². The van der Waals surface area contributed by atoms with Crippen LogP contribution in [0, 0.1) is 5.92 Å². The Labute approximate surface area is 235 Å². The molecule has 0 saturated carbocycles. The second-order valence-corrected chi connectivity index (χ2v) is 10.6. The van der Waals surface area contributed by atoms with Crippen molar-refractivity contribution in [3.8, 4) is 11.5 Å². The zero-order valence-electron chi connectivity index (χ0n) is 24.6. The highest BCUT2D eigenvalue weighted by atomic mass is 16.8. The number of carbonyl (C=O) groups is 4. The Morgan fingerprint density at radius 1 is 0.850 bits per heavy atom. The van der Waals surface area contributed by atoms with Crippen LogP contribution >= 0.6 is 0 Å². The van der Waals surface area contributed by atoms with E-state index < -0.39 is 53.5 Å². The highest BCUT2D eigenvalue weighted by Crippen LogP contribution is 2.36. The molecule has 12 nitrogen and oxygen atoms in total. The van der Waals surface area contributed by atoms with Gasteiger partial charge in [-0.2, -0.15) is 0 Å². The van der Waals surface area contributed by atoms with Crippen LogP contribution in [0.1, 0.15) is 86.1 Å². The maximum absolute atomic E-state index is 12.6. The number of benzene rings is 1. The van der Waals surface area contributed by atoms with E-state index in [-0.39, 0.29) is 24.7 Å². The first-order valence-electron chi connectivity index (χ1n) is 13.3. The Hall–Kier alpha value is -3.54. The van der Waals surface area contributed by atoms with Gasteiger partial charge in [0.15, 0.2) is 11.5 Å². The van der Waals surface area contributed by atoms with E-state index in [1.807, 2.05) is 20.8 Å². The number of hydrogen-bond donors (Lipinski definition) is 2. The lowest BCUT2D eigenvalue weighted by Gasteiger charge is -2.28. The molecule has 0 aliphatic carbocycles. The SMILES string of the molecule is CCCOC(=O)OCC(C)C(c1ccc(OC(=O)OC(C)(C)CC)c(OC(=O)OC(C)(C)CC)c1)[C@H](N)C(=O)O. The first kappa shape index (κ1) is 34.5. The molecule has 0 aliphatic rings. The molecule has 1 aromatic carbocycles. The minimum absolute atomic E-state index is 0.165. The molecule has 3 N–H and O–H groups in total. The van der Waals surface area contributed by atoms with Gasteiger partial charge in [0.1, 0.15) is 17.2 Å². The number of carboxylic acid groups (broad SMARTS) is 1. The number of rotatable bonds is 14. The van der Waals surface area contributed by atoms with E-state index in [0.717, 1.165) is 0 Å². The summed E-state index contributed by atoms with van der Waals surface area (Å²) in [4.78, 5) is 48.8. The van der Waals surface area contributed by atoms with E-state index in [1.165, 1.54) is 18.2 Å². The summed E-state index contributed by atoms with van der Waals surface area (Å²) in [6, 6.07) is 2.70. The fraction of sp³-hybridized carbons (Fsp3) is 0.643. The smallest absolute Gasteiger partial charge is 0.480 e. The third kappa shape index (κ3) is 11.3. The van der Waals surface area contributed by atoms with E-state index in [9.17, 15) is 24.3 Å². The van der Waals surface area contributed by atoms with Gasteiger partial charge in [-0.3, -0.25) is 4.79 Å². The van der Waals surface area contributed by atoms with Crippen molar-refractivity contribution in [2.75, 3.05) is 13.2 Å². The Balaban J connectivity index is 3.42. The number of hydrogen-bond acceptors (Lipinski definition) is 11. The highest BCUT2D eigenvalue weighted by molar-refractivity contribution is 5.75. The highest BCUT2D eigenvalue weighted by Gasteiger charge is 2.33. The number of aliphatic carboxylic acids is 1. The van der Waals surface area contributed by atoms with Crippen molar-refractivity contribution in [3.05, 3.63) is 23.8 Å². The molecule has 0 aromatic heterocycles. The summed E-state index contributed by atoms with van der Waals surface area (Å²) in [6.07, 6.45) is -1.36. The summed E-state index contributed by atoms with van der Waals surface area (Å²) < 4.78 is 31.5. The first-order chi connectivity index (χ1) is 18.6. The third-order valence-corrected chi connectivity index (χ3v) is 6.33. The van der Waals surface area contributed by atoms with Gasteiger partial charge in [0.05, 0.1) is 13.2 Å². The van der Waals surface area contributed by atoms with Crippen LogP contribution in [0.2, 0.25) is 0 Å². The lowest BCUT2D eigenvalue weighted by atomic mass is 9.82. The third-order valence-electron chi connectivity index (χ3n) is 6.33. The van der Waals surface area contributed by atoms with Crippen molar-refractivity contribution in [3.63, 3.8) is 0 Å². The van der Waals surface area contributed by atoms with Gasteiger partial charge in [-0.25, -0.2) is 14.4 Å². The molecule has 2 unspecified atom stereocenters. The molecule has 0 fully saturated rings. The molecule has 0 bridgehead atoms. The van der Waals surface area contributed by atoms with E-state index in [4.69, 9.17) is 34.2 Å². The van der Waals surface area contributed by atoms with Crippen LogP contribution in [0.25, 0.3) is 0 Å². The van der Waals surface area contributed by atoms with Gasteiger partial charge in [0, 0.05) is 5.92 Å². The van der Waals surface area contributed by atoms with Crippen molar-refractivity contribution in [1.82, 2.24) is 0 Å². The molecule has 3 atom stereocenters. The van der Waals surface area contributed by atoms with Crippen LogP contribution in [0.3, 0.4) is 0 Å². The van der Waals surface area contributed by atoms with Crippen LogP contribution in [-0.4, -0.2) is 60.0 Å². The second kappa shape index (κ2) is 15.3. The average Bonchev–Trinajstić information content (AvgIpc) is 2.86. The largest absolute Gasteiger partial charge is 0.514 e. The Morgan fingerprint density at radius 2 is 1.38 bits per heavy atom. The Kier molecular flexibility index (Phi) is 13.2. The van der Waals surface area contributed by atoms with Gasteiger partial charge < -0.3 is 39.3 Å². The fourth-order valence-corrected chi connectivity index (χ4v) is 3.29. The van der Waals surface area contributed by atoms with Crippen molar-refractivity contribution in [2.24, 2.45) is 11.7 Å². The summed E-state index contributed by atoms with van der Waals surface area (Å²) in [6.45, 7) is 13.9. The maximum Gasteiger partial charge on any atom is 0.514 e. The van der Waals surface area contributed by atoms with Gasteiger partial charge in [-0.05, 0) is 70.6 Å². The number of carboxylic acids is 1. The van der Waals surface area contributed by atoms with Gasteiger partial charge in [0.2, 0.25) is 0 Å². The molecule has 0 radical (unpaired) electrons. The van der Waals surface area contributed by atoms with Crippen LogP contribution in [-0.2, 0) is 23.7 Å². The van der Waals surface area contributed by atoms with E-state index in [0.29, 0.717) is 24.8 Å². The standard InChI is InChI=1S/C28H43NO11/c1-9-14-35-24(32)36-16-17(4)21(22(29)23(30)31)18-12-13-19(37-25(33)39-27(5,6)10-2)20(15-18)38-26(34)40-28(7,8)11-3/h12-13,15,17,21-22H,9-11,14,16,29H2,1-8H3,(H,30,31)/t17?,21?,22-/m0/s1. The van der Waals surface area contributed by atoms with Gasteiger partial charge in [-0.1, -0.05) is 33.8 Å². The summed E-state index contributed by atoms with van der Waals surface area (Å²) in [7, 11) is 0. The predicted molar refractivity (Wildman–Crippen MR) is 145 cm³/mol. The normalized spacial score (nSPS) is 13.8. The lowest BCUT2D eigenvalue weighted by molar-refractivity contribution is -0.139. The molecule has 12 heteroatoms. The minimum Gasteiger partial charge on any atom is -0.480 e. The Bertz CT molecular complexity index is 1020. The molecule has 1 aromatic rings. The maximum atomic E-state index is 12.6. The van der Waals surface area contributed by atoms with Crippen LogP contribution in [0.5, 0.6) is 11.5 Å². The fourth-order valence-electron chi connectivity index (χ4n) is 3.29. The summed E-state index contributed by atoms with van der Waals surface area (Å²) in [5.74, 6) is -3.22. The monoisotopic (exact) mass is 569 g/mol. The summed E-state index contributed by atoms with van der Waals surface area (Å²) in [5.41, 5.74) is 4.70. The lowest BCUT2D eigenvalue weighted by Crippen LogP contribution is -2.40. The van der Waals surface area contributed by atoms with Crippen molar-refractivity contribution >= 4 is 24.4 Å². The quantitative estimate of drug-likeness (QED) is 0.157. The molecule has 1 rings (SSSR count). The number of carbonyl (C=O) groups excluding carboxylic acids is 3. The number of nitrogens with two attached hydrogens (primary N) is 1. The van der Waals surface area contributed by atoms with E-state index in [2.05, 4.69) is 0 Å². The Morgan fingerprint density at radius 3 is 1.85 bits per heavy atom. The van der Waals surface area contributed by atoms with Crippen molar-refractivity contribution < 1.29 is 52.7 Å². The molecule has 226 valence electrons. The zero-order chi connectivity index (χ0) is 30.7. The predicted octanol–water partition coefficient (Wildman–Crippen LogP) is 5.79. The van der Waals surface area contributed by atoms with Crippen LogP contribution in [0.15, 0.2) is 18.2 Å². The minimum atomic E-state index is -1.42. The van der Waals surface area contributed by atoms with Gasteiger partial charge >= 0.3 is 24.4 Å². The molecular weight excluding hydrogens is 526 g/mol. The zero-order valence-corrected chi connectivity index (χ0v) is 24.6. The molecule has 0 heterocycles. The molecular formula is C28H43NO11. The molecule has 0 aliphatic heterocycles. The van der Waals surface area contributed by atoms with E-state index >= 15 is 0 Å². The topological polar surface area (TPSA) is 170 Å². The summed E-state index contributed by atoms with van der Waals surface area (Å²) in [5, 5.41) is 9.68. The van der Waals surface area contributed by atoms with Crippen molar-refractivity contribution in [2.45, 2.75) is 97.8 Å².